The molecule has 102 valence electrons. The first-order valence-electron chi connectivity index (χ1n) is 5.71. The highest BCUT2D eigenvalue weighted by Crippen LogP contribution is 2.28. The first-order chi connectivity index (χ1) is 8.70. The Morgan fingerprint density at radius 2 is 2.05 bits per heavy atom. The summed E-state index contributed by atoms with van der Waals surface area (Å²) >= 11 is 5.79. The Bertz CT molecular complexity index is 658. The van der Waals surface area contributed by atoms with Crippen LogP contribution in [0, 0.1) is 0 Å². The molecule has 0 aliphatic carbocycles. The minimum absolute atomic E-state index is 0.219. The monoisotopic (exact) mass is 282 g/mol. The van der Waals surface area contributed by atoms with Gasteiger partial charge in [-0.3, -0.25) is 0 Å². The number of carbonyl (C=O) groups excluding carboxylic acids is 1. The molecule has 2 heterocycles. The fourth-order valence-corrected chi connectivity index (χ4v) is 1.88. The molecular formula is C12H15ClN4O2. The van der Waals surface area contributed by atoms with Gasteiger partial charge in [-0.2, -0.15) is 0 Å². The summed E-state index contributed by atoms with van der Waals surface area (Å²) in [6, 6.07) is 1.61. The second-order valence-electron chi connectivity index (χ2n) is 5.22. The van der Waals surface area contributed by atoms with Crippen LogP contribution in [0.15, 0.2) is 6.07 Å². The number of nitrogens with zero attached hydrogens (tertiary/aromatic N) is 3. The Kier molecular flexibility index (Phi) is 3.14. The van der Waals surface area contributed by atoms with E-state index in [1.165, 1.54) is 0 Å². The maximum absolute atomic E-state index is 12.2. The van der Waals surface area contributed by atoms with E-state index in [0.29, 0.717) is 11.0 Å². The number of fused-ring (bicyclic) bond motifs is 1. The first-order valence-corrected chi connectivity index (χ1v) is 6.09. The van der Waals surface area contributed by atoms with E-state index < -0.39 is 11.6 Å². The quantitative estimate of drug-likeness (QED) is 0.810. The number of carbonyl (C=O) groups is 1. The van der Waals surface area contributed by atoms with E-state index in [2.05, 4.69) is 10.2 Å². The summed E-state index contributed by atoms with van der Waals surface area (Å²) in [7, 11) is 1.73. The van der Waals surface area contributed by atoms with Crippen LogP contribution >= 0.6 is 11.6 Å². The van der Waals surface area contributed by atoms with Crippen molar-refractivity contribution in [3.05, 3.63) is 16.8 Å². The zero-order valence-corrected chi connectivity index (χ0v) is 11.9. The molecule has 0 fully saturated rings. The highest BCUT2D eigenvalue weighted by molar-refractivity contribution is 6.30. The Morgan fingerprint density at radius 3 is 2.63 bits per heavy atom. The Balaban J connectivity index is 2.61. The molecular weight excluding hydrogens is 268 g/mol. The van der Waals surface area contributed by atoms with E-state index in [-0.39, 0.29) is 16.5 Å². The van der Waals surface area contributed by atoms with Gasteiger partial charge in [0.05, 0.1) is 5.52 Å². The second-order valence-corrected chi connectivity index (χ2v) is 5.61. The Hall–Kier alpha value is -1.82. The van der Waals surface area contributed by atoms with Gasteiger partial charge < -0.3 is 15.0 Å². The van der Waals surface area contributed by atoms with Crippen molar-refractivity contribution in [3.8, 4) is 0 Å². The molecule has 2 rings (SSSR count). The van der Waals surface area contributed by atoms with Gasteiger partial charge in [-0.05, 0) is 20.8 Å². The van der Waals surface area contributed by atoms with Crippen LogP contribution in [-0.4, -0.2) is 26.3 Å². The summed E-state index contributed by atoms with van der Waals surface area (Å²) in [5.41, 5.74) is 6.57. The van der Waals surface area contributed by atoms with Gasteiger partial charge in [0.2, 0.25) is 0 Å². The van der Waals surface area contributed by atoms with Crippen molar-refractivity contribution in [2.75, 3.05) is 5.73 Å². The number of hydrogen-bond acceptors (Lipinski definition) is 5. The van der Waals surface area contributed by atoms with Crippen molar-refractivity contribution in [3.63, 3.8) is 0 Å². The van der Waals surface area contributed by atoms with Gasteiger partial charge in [0.25, 0.3) is 0 Å². The first kappa shape index (κ1) is 13.6. The Labute approximate surface area is 115 Å². The second kappa shape index (κ2) is 4.38. The summed E-state index contributed by atoms with van der Waals surface area (Å²) in [4.78, 5) is 12.2. The molecule has 0 radical (unpaired) electrons. The third kappa shape index (κ3) is 2.49. The summed E-state index contributed by atoms with van der Waals surface area (Å²) < 4.78 is 6.96. The predicted molar refractivity (Wildman–Crippen MR) is 73.1 cm³/mol. The topological polar surface area (TPSA) is 83.0 Å². The average molecular weight is 283 g/mol. The normalized spacial score (nSPS) is 11.8. The number of aromatic nitrogens is 3. The van der Waals surface area contributed by atoms with Crippen molar-refractivity contribution in [2.45, 2.75) is 26.4 Å². The summed E-state index contributed by atoms with van der Waals surface area (Å²) in [6.45, 7) is 5.36. The third-order valence-electron chi connectivity index (χ3n) is 2.56. The van der Waals surface area contributed by atoms with Crippen LogP contribution in [0.5, 0.6) is 0 Å². The summed E-state index contributed by atoms with van der Waals surface area (Å²) in [5, 5.41) is 7.91. The van der Waals surface area contributed by atoms with Gasteiger partial charge in [-0.25, -0.2) is 4.79 Å². The minimum atomic E-state index is -0.606. The van der Waals surface area contributed by atoms with E-state index in [9.17, 15) is 4.79 Å². The zero-order valence-electron chi connectivity index (χ0n) is 11.2. The fraction of sp³-hybridized carbons (Fsp3) is 0.417. The number of anilines is 1. The van der Waals surface area contributed by atoms with Crippen LogP contribution in [0.2, 0.25) is 5.15 Å². The van der Waals surface area contributed by atoms with Crippen molar-refractivity contribution in [1.29, 1.82) is 0 Å². The lowest BCUT2D eigenvalue weighted by Crippen LogP contribution is -2.24. The molecule has 0 atom stereocenters. The van der Waals surface area contributed by atoms with Crippen molar-refractivity contribution in [2.24, 2.45) is 7.05 Å². The lowest BCUT2D eigenvalue weighted by Gasteiger charge is -2.19. The number of halogens is 1. The summed E-state index contributed by atoms with van der Waals surface area (Å²) in [5.74, 6) is -0.243. The molecule has 7 heteroatoms. The van der Waals surface area contributed by atoms with Crippen LogP contribution in [0.1, 0.15) is 31.1 Å². The number of esters is 1. The van der Waals surface area contributed by atoms with Gasteiger partial charge in [-0.15, -0.1) is 10.2 Å². The molecule has 2 aromatic rings. The van der Waals surface area contributed by atoms with Crippen LogP contribution in [-0.2, 0) is 11.8 Å². The number of aryl methyl sites for hydroxylation is 1. The molecule has 0 amide bonds. The summed E-state index contributed by atoms with van der Waals surface area (Å²) in [6.07, 6.45) is 0. The van der Waals surface area contributed by atoms with Gasteiger partial charge in [0.1, 0.15) is 22.5 Å². The zero-order chi connectivity index (χ0) is 14.4. The number of ether oxygens (including phenoxy) is 1. The van der Waals surface area contributed by atoms with Gasteiger partial charge in [0, 0.05) is 13.1 Å². The third-order valence-corrected chi connectivity index (χ3v) is 2.75. The standard InChI is InChI=1S/C12H15ClN4O2/c1-12(2,3)19-11(18)8-9-6(17(4)10(8)14)5-7(13)15-16-9/h5H,14H2,1-4H3. The molecule has 0 spiro atoms. The van der Waals surface area contributed by atoms with Crippen molar-refractivity contribution < 1.29 is 9.53 Å². The SMILES string of the molecule is Cn1c(N)c(C(=O)OC(C)(C)C)c2nnc(Cl)cc21. The molecule has 2 aromatic heterocycles. The molecule has 0 saturated carbocycles. The highest BCUT2D eigenvalue weighted by Gasteiger charge is 2.26. The van der Waals surface area contributed by atoms with Crippen LogP contribution in [0.4, 0.5) is 5.82 Å². The van der Waals surface area contributed by atoms with Gasteiger partial charge in [-0.1, -0.05) is 11.6 Å². The van der Waals surface area contributed by atoms with E-state index in [1.54, 1.807) is 38.5 Å². The molecule has 19 heavy (non-hydrogen) atoms. The molecule has 0 saturated heterocycles. The lowest BCUT2D eigenvalue weighted by molar-refractivity contribution is 0.00727. The average Bonchev–Trinajstić information content (AvgIpc) is 2.50. The van der Waals surface area contributed by atoms with Crippen molar-refractivity contribution in [1.82, 2.24) is 14.8 Å². The minimum Gasteiger partial charge on any atom is -0.456 e. The van der Waals surface area contributed by atoms with Crippen LogP contribution < -0.4 is 5.73 Å². The number of rotatable bonds is 1. The maximum atomic E-state index is 12.2. The molecule has 0 unspecified atom stereocenters. The van der Waals surface area contributed by atoms with E-state index >= 15 is 0 Å². The van der Waals surface area contributed by atoms with Crippen LogP contribution in [0.25, 0.3) is 11.0 Å². The number of nitrogen functional groups attached to an aromatic ring is 1. The molecule has 0 aromatic carbocycles. The number of nitrogens with two attached hydrogens (primary N) is 1. The smallest absolute Gasteiger partial charge is 0.344 e. The molecule has 6 nitrogen and oxygen atoms in total. The fourth-order valence-electron chi connectivity index (χ4n) is 1.74. The molecule has 0 aliphatic rings. The lowest BCUT2D eigenvalue weighted by atomic mass is 10.2. The van der Waals surface area contributed by atoms with Gasteiger partial charge >= 0.3 is 5.97 Å². The van der Waals surface area contributed by atoms with E-state index in [1.807, 2.05) is 0 Å². The van der Waals surface area contributed by atoms with Crippen LogP contribution in [0.3, 0.4) is 0 Å². The number of hydrogen-bond donors (Lipinski definition) is 1. The van der Waals surface area contributed by atoms with E-state index in [0.717, 1.165) is 0 Å². The largest absolute Gasteiger partial charge is 0.456 e. The highest BCUT2D eigenvalue weighted by atomic mass is 35.5. The maximum Gasteiger partial charge on any atom is 0.344 e. The predicted octanol–water partition coefficient (Wildman–Crippen LogP) is 2.16. The molecule has 2 N–H and O–H groups in total. The van der Waals surface area contributed by atoms with Crippen molar-refractivity contribution >= 4 is 34.4 Å². The molecule has 0 bridgehead atoms. The Morgan fingerprint density at radius 1 is 1.42 bits per heavy atom. The van der Waals surface area contributed by atoms with E-state index in [4.69, 9.17) is 22.1 Å². The molecule has 0 aliphatic heterocycles. The van der Waals surface area contributed by atoms with Gasteiger partial charge in [0.15, 0.2) is 5.15 Å².